The Kier molecular flexibility index (Phi) is 2.87. The van der Waals surface area contributed by atoms with E-state index < -0.39 is 0 Å². The van der Waals surface area contributed by atoms with Crippen molar-refractivity contribution in [2.75, 3.05) is 0 Å². The molecule has 1 atom stereocenters. The summed E-state index contributed by atoms with van der Waals surface area (Å²) in [7, 11) is 0. The van der Waals surface area contributed by atoms with Gasteiger partial charge >= 0.3 is 0 Å². The van der Waals surface area contributed by atoms with Crippen LogP contribution in [0.5, 0.6) is 0 Å². The normalized spacial score (nSPS) is 16.9. The molecule has 0 spiro atoms. The molecule has 1 aliphatic carbocycles. The van der Waals surface area contributed by atoms with Gasteiger partial charge in [0.05, 0.1) is 0 Å². The van der Waals surface area contributed by atoms with Crippen molar-refractivity contribution >= 4 is 22.0 Å². The average Bonchev–Trinajstić information content (AvgIpc) is 2.81. The molecule has 0 amide bonds. The molecule has 18 heavy (non-hydrogen) atoms. The van der Waals surface area contributed by atoms with E-state index >= 15 is 0 Å². The quantitative estimate of drug-likeness (QED) is 0.677. The van der Waals surface area contributed by atoms with Crippen molar-refractivity contribution in [3.05, 3.63) is 74.8 Å². The Balaban J connectivity index is 2.13. The van der Waals surface area contributed by atoms with Crippen LogP contribution in [0.2, 0.25) is 0 Å². The fourth-order valence-corrected chi connectivity index (χ4v) is 3.19. The lowest BCUT2D eigenvalue weighted by molar-refractivity contribution is 1.03. The van der Waals surface area contributed by atoms with Gasteiger partial charge in [-0.05, 0) is 42.2 Å². The molecule has 1 heteroatoms. The SMILES string of the molecule is Cc1ccc(C2C=Cc3c(C)ccc(Br)c32)cc1. The summed E-state index contributed by atoms with van der Waals surface area (Å²) in [5.41, 5.74) is 6.79. The van der Waals surface area contributed by atoms with Crippen LogP contribution in [-0.4, -0.2) is 0 Å². The van der Waals surface area contributed by atoms with E-state index in [-0.39, 0.29) is 0 Å². The molecule has 1 aliphatic rings. The standard InChI is InChI=1S/C17H15Br/c1-11-3-6-13(7-4-11)15-9-8-14-12(2)5-10-16(18)17(14)15/h3-10,15H,1-2H3. The van der Waals surface area contributed by atoms with Gasteiger partial charge in [0.15, 0.2) is 0 Å². The number of fused-ring (bicyclic) bond motifs is 1. The zero-order chi connectivity index (χ0) is 12.7. The van der Waals surface area contributed by atoms with Gasteiger partial charge in [0.2, 0.25) is 0 Å². The second-order valence-electron chi connectivity index (χ2n) is 4.94. The largest absolute Gasteiger partial charge is 0.0720 e. The summed E-state index contributed by atoms with van der Waals surface area (Å²) in [5.74, 6) is 0.384. The molecule has 1 unspecified atom stereocenters. The molecule has 0 fully saturated rings. The van der Waals surface area contributed by atoms with Gasteiger partial charge in [-0.25, -0.2) is 0 Å². The molecular formula is C17H15Br. The van der Waals surface area contributed by atoms with Crippen molar-refractivity contribution < 1.29 is 0 Å². The smallest absolute Gasteiger partial charge is 0.0290 e. The number of benzene rings is 2. The van der Waals surface area contributed by atoms with Gasteiger partial charge in [0.1, 0.15) is 0 Å². The molecule has 2 aromatic rings. The summed E-state index contributed by atoms with van der Waals surface area (Å²) in [4.78, 5) is 0. The van der Waals surface area contributed by atoms with Gasteiger partial charge in [0.25, 0.3) is 0 Å². The highest BCUT2D eigenvalue weighted by Gasteiger charge is 2.22. The zero-order valence-corrected chi connectivity index (χ0v) is 12.2. The predicted octanol–water partition coefficient (Wildman–Crippen LogP) is 5.22. The van der Waals surface area contributed by atoms with E-state index in [1.165, 1.54) is 32.3 Å². The van der Waals surface area contributed by atoms with Gasteiger partial charge in [0, 0.05) is 10.4 Å². The van der Waals surface area contributed by atoms with Crippen LogP contribution >= 0.6 is 15.9 Å². The molecule has 0 bridgehead atoms. The predicted molar refractivity (Wildman–Crippen MR) is 80.9 cm³/mol. The number of halogens is 1. The number of aryl methyl sites for hydroxylation is 2. The Morgan fingerprint density at radius 3 is 2.39 bits per heavy atom. The summed E-state index contributed by atoms with van der Waals surface area (Å²) in [6.45, 7) is 4.30. The number of hydrogen-bond donors (Lipinski definition) is 0. The molecule has 0 saturated heterocycles. The molecule has 2 aromatic carbocycles. The Labute approximate surface area is 116 Å². The molecule has 0 nitrogen and oxygen atoms in total. The molecular weight excluding hydrogens is 284 g/mol. The van der Waals surface area contributed by atoms with Gasteiger partial charge in [-0.2, -0.15) is 0 Å². The topological polar surface area (TPSA) is 0 Å². The molecule has 0 radical (unpaired) electrons. The highest BCUT2D eigenvalue weighted by molar-refractivity contribution is 9.10. The van der Waals surface area contributed by atoms with Gasteiger partial charge in [-0.15, -0.1) is 0 Å². The van der Waals surface area contributed by atoms with Crippen LogP contribution in [0, 0.1) is 13.8 Å². The summed E-state index contributed by atoms with van der Waals surface area (Å²) >= 11 is 3.69. The summed E-state index contributed by atoms with van der Waals surface area (Å²) in [6, 6.07) is 13.2. The number of allylic oxidation sites excluding steroid dienone is 1. The van der Waals surface area contributed by atoms with Crippen LogP contribution in [-0.2, 0) is 0 Å². The highest BCUT2D eigenvalue weighted by atomic mass is 79.9. The lowest BCUT2D eigenvalue weighted by Crippen LogP contribution is -1.98. The fraction of sp³-hybridized carbons (Fsp3) is 0.176. The summed E-state index contributed by atoms with van der Waals surface area (Å²) in [6.07, 6.45) is 4.55. The molecule has 90 valence electrons. The first-order valence-corrected chi connectivity index (χ1v) is 7.00. The summed E-state index contributed by atoms with van der Waals surface area (Å²) in [5, 5.41) is 0. The Morgan fingerprint density at radius 2 is 1.67 bits per heavy atom. The second kappa shape index (κ2) is 4.40. The maximum Gasteiger partial charge on any atom is 0.0290 e. The van der Waals surface area contributed by atoms with Crippen LogP contribution in [0.25, 0.3) is 6.08 Å². The van der Waals surface area contributed by atoms with E-state index in [0.29, 0.717) is 5.92 Å². The third-order valence-electron chi connectivity index (χ3n) is 3.65. The van der Waals surface area contributed by atoms with Crippen LogP contribution in [0.4, 0.5) is 0 Å². The summed E-state index contributed by atoms with van der Waals surface area (Å²) < 4.78 is 1.21. The number of hydrogen-bond acceptors (Lipinski definition) is 0. The molecule has 3 rings (SSSR count). The molecule has 0 N–H and O–H groups in total. The van der Waals surface area contributed by atoms with E-state index in [9.17, 15) is 0 Å². The van der Waals surface area contributed by atoms with Crippen molar-refractivity contribution in [2.24, 2.45) is 0 Å². The minimum absolute atomic E-state index is 0.384. The first-order valence-electron chi connectivity index (χ1n) is 6.20. The molecule has 0 aliphatic heterocycles. The third kappa shape index (κ3) is 1.83. The van der Waals surface area contributed by atoms with Crippen molar-refractivity contribution in [1.29, 1.82) is 0 Å². The molecule has 0 saturated carbocycles. The fourth-order valence-electron chi connectivity index (χ4n) is 2.60. The molecule has 0 heterocycles. The van der Waals surface area contributed by atoms with Gasteiger partial charge < -0.3 is 0 Å². The van der Waals surface area contributed by atoms with E-state index in [0.717, 1.165) is 0 Å². The second-order valence-corrected chi connectivity index (χ2v) is 5.79. The third-order valence-corrected chi connectivity index (χ3v) is 4.35. The average molecular weight is 299 g/mol. The lowest BCUT2D eigenvalue weighted by atomic mass is 9.91. The minimum Gasteiger partial charge on any atom is -0.0720 e. The minimum atomic E-state index is 0.384. The van der Waals surface area contributed by atoms with Crippen molar-refractivity contribution in [3.63, 3.8) is 0 Å². The Hall–Kier alpha value is -1.34. The van der Waals surface area contributed by atoms with E-state index in [2.05, 4.69) is 78.3 Å². The van der Waals surface area contributed by atoms with E-state index in [4.69, 9.17) is 0 Å². The number of rotatable bonds is 1. The van der Waals surface area contributed by atoms with Gasteiger partial charge in [-0.1, -0.05) is 64.0 Å². The van der Waals surface area contributed by atoms with Crippen LogP contribution in [0.15, 0.2) is 46.9 Å². The highest BCUT2D eigenvalue weighted by Crippen LogP contribution is 2.41. The Morgan fingerprint density at radius 1 is 0.944 bits per heavy atom. The van der Waals surface area contributed by atoms with Crippen LogP contribution < -0.4 is 0 Å². The first-order chi connectivity index (χ1) is 8.66. The maximum absolute atomic E-state index is 3.69. The van der Waals surface area contributed by atoms with E-state index in [1.54, 1.807) is 0 Å². The zero-order valence-electron chi connectivity index (χ0n) is 10.6. The monoisotopic (exact) mass is 298 g/mol. The maximum atomic E-state index is 3.69. The molecule has 0 aromatic heterocycles. The first kappa shape index (κ1) is 11.7. The van der Waals surface area contributed by atoms with E-state index in [1.807, 2.05) is 0 Å². The lowest BCUT2D eigenvalue weighted by Gasteiger charge is -2.15. The Bertz CT molecular complexity index is 621. The van der Waals surface area contributed by atoms with Crippen molar-refractivity contribution in [3.8, 4) is 0 Å². The van der Waals surface area contributed by atoms with Crippen LogP contribution in [0.1, 0.15) is 33.7 Å². The van der Waals surface area contributed by atoms with Crippen molar-refractivity contribution in [1.82, 2.24) is 0 Å². The van der Waals surface area contributed by atoms with Crippen LogP contribution in [0.3, 0.4) is 0 Å². The van der Waals surface area contributed by atoms with Gasteiger partial charge in [-0.3, -0.25) is 0 Å². The van der Waals surface area contributed by atoms with Crippen molar-refractivity contribution in [2.45, 2.75) is 19.8 Å².